The van der Waals surface area contributed by atoms with Gasteiger partial charge in [0, 0.05) is 39.3 Å². The number of Topliss-reactive ketones (excluding diaryl/α,β-unsaturated/α-hetero) is 1. The third-order valence-electron chi connectivity index (χ3n) is 2.79. The molecule has 0 atom stereocenters. The van der Waals surface area contributed by atoms with E-state index in [4.69, 9.17) is 0 Å². The van der Waals surface area contributed by atoms with E-state index in [0.29, 0.717) is 11.6 Å². The van der Waals surface area contributed by atoms with Crippen LogP contribution in [0.4, 0.5) is 5.95 Å². The Labute approximate surface area is 95.1 Å². The fourth-order valence-electron chi connectivity index (χ4n) is 1.70. The summed E-state index contributed by atoms with van der Waals surface area (Å²) in [4.78, 5) is 24.1. The molecule has 5 heteroatoms. The molecule has 0 amide bonds. The van der Waals surface area contributed by atoms with Gasteiger partial charge in [-0.25, -0.2) is 9.97 Å². The van der Waals surface area contributed by atoms with Crippen LogP contribution in [0.3, 0.4) is 0 Å². The number of carbonyl (C=O) groups is 1. The van der Waals surface area contributed by atoms with Gasteiger partial charge in [0.1, 0.15) is 5.69 Å². The number of anilines is 1. The van der Waals surface area contributed by atoms with E-state index in [1.54, 1.807) is 12.3 Å². The van der Waals surface area contributed by atoms with Crippen LogP contribution in [0.15, 0.2) is 12.3 Å². The normalized spacial score (nSPS) is 17.5. The molecule has 1 aliphatic heterocycles. The van der Waals surface area contributed by atoms with Crippen LogP contribution < -0.4 is 4.90 Å². The zero-order valence-corrected chi connectivity index (χ0v) is 9.68. The molecule has 2 rings (SSSR count). The van der Waals surface area contributed by atoms with Crippen LogP contribution in [-0.4, -0.2) is 53.9 Å². The summed E-state index contributed by atoms with van der Waals surface area (Å²) >= 11 is 0. The lowest BCUT2D eigenvalue weighted by Crippen LogP contribution is -2.45. The summed E-state index contributed by atoms with van der Waals surface area (Å²) in [5, 5.41) is 0. The van der Waals surface area contributed by atoms with Gasteiger partial charge in [0.15, 0.2) is 5.78 Å². The van der Waals surface area contributed by atoms with Crippen LogP contribution in [-0.2, 0) is 0 Å². The molecule has 0 N–H and O–H groups in total. The van der Waals surface area contributed by atoms with E-state index < -0.39 is 0 Å². The molecule has 0 saturated carbocycles. The van der Waals surface area contributed by atoms with Gasteiger partial charge in [-0.2, -0.15) is 0 Å². The quantitative estimate of drug-likeness (QED) is 0.676. The maximum Gasteiger partial charge on any atom is 0.226 e. The second-order valence-electron chi connectivity index (χ2n) is 4.09. The number of carbonyl (C=O) groups excluding carboxylic acids is 1. The molecule has 0 radical (unpaired) electrons. The van der Waals surface area contributed by atoms with Crippen molar-refractivity contribution in [1.82, 2.24) is 14.9 Å². The van der Waals surface area contributed by atoms with Gasteiger partial charge >= 0.3 is 0 Å². The number of hydrogen-bond acceptors (Lipinski definition) is 5. The van der Waals surface area contributed by atoms with Gasteiger partial charge in [-0.15, -0.1) is 0 Å². The van der Waals surface area contributed by atoms with Crippen molar-refractivity contribution in [3.8, 4) is 0 Å². The van der Waals surface area contributed by atoms with E-state index in [0.717, 1.165) is 26.2 Å². The van der Waals surface area contributed by atoms with E-state index in [2.05, 4.69) is 26.8 Å². The number of rotatable bonds is 2. The molecule has 86 valence electrons. The minimum absolute atomic E-state index is 0.0159. The summed E-state index contributed by atoms with van der Waals surface area (Å²) < 4.78 is 0. The first-order valence-electron chi connectivity index (χ1n) is 5.44. The average Bonchev–Trinajstić information content (AvgIpc) is 2.30. The number of piperazine rings is 1. The summed E-state index contributed by atoms with van der Waals surface area (Å²) in [5.74, 6) is 0.651. The SMILES string of the molecule is CC(=O)c1ccnc(N2CCN(C)CC2)n1. The predicted molar refractivity (Wildman–Crippen MR) is 61.7 cm³/mol. The molecular formula is C11H16N4O. The predicted octanol–water partition coefficient (Wildman–Crippen LogP) is 0.431. The Morgan fingerprint density at radius 1 is 1.31 bits per heavy atom. The zero-order chi connectivity index (χ0) is 11.5. The standard InChI is InChI=1S/C11H16N4O/c1-9(16)10-3-4-12-11(13-10)15-7-5-14(2)6-8-15/h3-4H,5-8H2,1-2H3. The lowest BCUT2D eigenvalue weighted by atomic mass is 10.3. The Hall–Kier alpha value is -1.49. The van der Waals surface area contributed by atoms with Crippen molar-refractivity contribution in [2.24, 2.45) is 0 Å². The molecule has 0 bridgehead atoms. The highest BCUT2D eigenvalue weighted by Crippen LogP contribution is 2.10. The van der Waals surface area contributed by atoms with Crippen LogP contribution in [0.25, 0.3) is 0 Å². The molecular weight excluding hydrogens is 204 g/mol. The molecule has 1 aromatic rings. The Kier molecular flexibility index (Phi) is 3.14. The number of likely N-dealkylation sites (N-methyl/N-ethyl adjacent to an activating group) is 1. The Morgan fingerprint density at radius 3 is 2.62 bits per heavy atom. The summed E-state index contributed by atoms with van der Waals surface area (Å²) in [6.07, 6.45) is 1.65. The Bertz CT molecular complexity index is 385. The first-order chi connectivity index (χ1) is 7.66. The molecule has 0 aromatic carbocycles. The van der Waals surface area contributed by atoms with E-state index in [1.807, 2.05) is 0 Å². The first-order valence-corrected chi connectivity index (χ1v) is 5.44. The van der Waals surface area contributed by atoms with Crippen molar-refractivity contribution in [2.75, 3.05) is 38.1 Å². The van der Waals surface area contributed by atoms with Crippen molar-refractivity contribution < 1.29 is 4.79 Å². The molecule has 1 aliphatic rings. The van der Waals surface area contributed by atoms with E-state index >= 15 is 0 Å². The first kappa shape index (κ1) is 11.0. The highest BCUT2D eigenvalue weighted by Gasteiger charge is 2.16. The topological polar surface area (TPSA) is 49.3 Å². The summed E-state index contributed by atoms with van der Waals surface area (Å²) in [7, 11) is 2.10. The molecule has 0 spiro atoms. The molecule has 2 heterocycles. The Morgan fingerprint density at radius 2 is 2.00 bits per heavy atom. The average molecular weight is 220 g/mol. The van der Waals surface area contributed by atoms with Crippen molar-refractivity contribution in [2.45, 2.75) is 6.92 Å². The largest absolute Gasteiger partial charge is 0.338 e. The summed E-state index contributed by atoms with van der Waals surface area (Å²) in [5.41, 5.74) is 0.490. The number of aromatic nitrogens is 2. The van der Waals surface area contributed by atoms with Gasteiger partial charge in [0.05, 0.1) is 0 Å². The summed E-state index contributed by atoms with van der Waals surface area (Å²) in [6.45, 7) is 5.37. The van der Waals surface area contributed by atoms with Crippen LogP contribution in [0, 0.1) is 0 Å². The molecule has 0 unspecified atom stereocenters. The maximum absolute atomic E-state index is 11.2. The minimum atomic E-state index is -0.0159. The number of hydrogen-bond donors (Lipinski definition) is 0. The second-order valence-corrected chi connectivity index (χ2v) is 4.09. The molecule has 1 fully saturated rings. The highest BCUT2D eigenvalue weighted by atomic mass is 16.1. The lowest BCUT2D eigenvalue weighted by Gasteiger charge is -2.32. The van der Waals surface area contributed by atoms with E-state index in [1.165, 1.54) is 6.92 Å². The van der Waals surface area contributed by atoms with Gasteiger partial charge in [0.25, 0.3) is 0 Å². The number of nitrogens with zero attached hydrogens (tertiary/aromatic N) is 4. The van der Waals surface area contributed by atoms with Crippen LogP contribution in [0.1, 0.15) is 17.4 Å². The maximum atomic E-state index is 11.2. The van der Waals surface area contributed by atoms with E-state index in [9.17, 15) is 4.79 Å². The molecule has 1 aromatic heterocycles. The lowest BCUT2D eigenvalue weighted by molar-refractivity contribution is 0.101. The van der Waals surface area contributed by atoms with Gasteiger partial charge in [0.2, 0.25) is 5.95 Å². The van der Waals surface area contributed by atoms with Crippen molar-refractivity contribution >= 4 is 11.7 Å². The third-order valence-corrected chi connectivity index (χ3v) is 2.79. The summed E-state index contributed by atoms with van der Waals surface area (Å²) in [6, 6.07) is 1.65. The van der Waals surface area contributed by atoms with Gasteiger partial charge < -0.3 is 9.80 Å². The highest BCUT2D eigenvalue weighted by molar-refractivity contribution is 5.92. The Balaban J connectivity index is 2.14. The monoisotopic (exact) mass is 220 g/mol. The molecule has 5 nitrogen and oxygen atoms in total. The van der Waals surface area contributed by atoms with E-state index in [-0.39, 0.29) is 5.78 Å². The van der Waals surface area contributed by atoms with Gasteiger partial charge in [-0.1, -0.05) is 0 Å². The van der Waals surface area contributed by atoms with Crippen LogP contribution in [0.5, 0.6) is 0 Å². The van der Waals surface area contributed by atoms with Crippen molar-refractivity contribution in [1.29, 1.82) is 0 Å². The third kappa shape index (κ3) is 2.36. The number of ketones is 1. The second kappa shape index (κ2) is 4.57. The fraction of sp³-hybridized carbons (Fsp3) is 0.545. The smallest absolute Gasteiger partial charge is 0.226 e. The fourth-order valence-corrected chi connectivity index (χ4v) is 1.70. The van der Waals surface area contributed by atoms with Gasteiger partial charge in [-0.3, -0.25) is 4.79 Å². The molecule has 16 heavy (non-hydrogen) atoms. The van der Waals surface area contributed by atoms with Gasteiger partial charge in [-0.05, 0) is 13.1 Å². The van der Waals surface area contributed by atoms with Crippen molar-refractivity contribution in [3.05, 3.63) is 18.0 Å². The zero-order valence-electron chi connectivity index (χ0n) is 9.68. The molecule has 1 saturated heterocycles. The molecule has 0 aliphatic carbocycles. The van der Waals surface area contributed by atoms with Crippen LogP contribution in [0.2, 0.25) is 0 Å². The van der Waals surface area contributed by atoms with Crippen molar-refractivity contribution in [3.63, 3.8) is 0 Å². The minimum Gasteiger partial charge on any atom is -0.338 e. The van der Waals surface area contributed by atoms with Crippen LogP contribution >= 0.6 is 0 Å².